The number of carbonyl (C=O) groups excluding carboxylic acids is 2. The van der Waals surface area contributed by atoms with Crippen molar-refractivity contribution in [2.75, 3.05) is 57.0 Å². The Morgan fingerprint density at radius 3 is 2.50 bits per heavy atom. The first-order valence-corrected chi connectivity index (χ1v) is 10.9. The second kappa shape index (κ2) is 8.65. The minimum Gasteiger partial charge on any atom is -0.374 e. The molecule has 10 heteroatoms. The third-order valence-corrected chi connectivity index (χ3v) is 6.27. The molecule has 2 amide bonds. The monoisotopic (exact) mass is 458 g/mol. The zero-order valence-electron chi connectivity index (χ0n) is 18.4. The predicted molar refractivity (Wildman–Crippen MR) is 122 cm³/mol. The molecule has 1 aromatic heterocycles. The summed E-state index contributed by atoms with van der Waals surface area (Å²) >= 11 is 6.00. The van der Waals surface area contributed by atoms with E-state index in [4.69, 9.17) is 11.6 Å². The highest BCUT2D eigenvalue weighted by atomic mass is 35.5. The van der Waals surface area contributed by atoms with Gasteiger partial charge in [-0.2, -0.15) is 0 Å². The zero-order chi connectivity index (χ0) is 23.0. The van der Waals surface area contributed by atoms with E-state index in [2.05, 4.69) is 20.2 Å². The zero-order valence-corrected chi connectivity index (χ0v) is 19.1. The number of aliphatic hydroxyl groups is 1. The van der Waals surface area contributed by atoms with Crippen LogP contribution in [-0.4, -0.2) is 83.5 Å². The van der Waals surface area contributed by atoms with Gasteiger partial charge in [-0.3, -0.25) is 9.59 Å². The Morgan fingerprint density at radius 1 is 1.22 bits per heavy atom. The van der Waals surface area contributed by atoms with E-state index in [-0.39, 0.29) is 24.3 Å². The Morgan fingerprint density at radius 2 is 1.88 bits per heavy atom. The number of aromatic nitrogens is 2. The van der Waals surface area contributed by atoms with E-state index in [1.807, 2.05) is 21.0 Å². The first kappa shape index (κ1) is 22.4. The number of likely N-dealkylation sites (N-methyl/N-ethyl adjacent to an activating group) is 1. The van der Waals surface area contributed by atoms with Crippen molar-refractivity contribution in [3.8, 4) is 0 Å². The lowest BCUT2D eigenvalue weighted by Gasteiger charge is -2.40. The van der Waals surface area contributed by atoms with E-state index in [1.165, 1.54) is 6.33 Å². The van der Waals surface area contributed by atoms with E-state index in [0.717, 1.165) is 5.56 Å². The molecule has 0 saturated carbocycles. The van der Waals surface area contributed by atoms with Gasteiger partial charge in [-0.05, 0) is 38.7 Å². The largest absolute Gasteiger partial charge is 0.374 e. The van der Waals surface area contributed by atoms with Gasteiger partial charge >= 0.3 is 0 Å². The highest BCUT2D eigenvalue weighted by Crippen LogP contribution is 2.37. The maximum absolute atomic E-state index is 13.5. The van der Waals surface area contributed by atoms with Crippen LogP contribution < -0.4 is 10.2 Å². The van der Waals surface area contributed by atoms with Crippen molar-refractivity contribution in [1.29, 1.82) is 0 Å². The lowest BCUT2D eigenvalue weighted by atomic mass is 9.91. The third-order valence-electron chi connectivity index (χ3n) is 6.02. The van der Waals surface area contributed by atoms with E-state index < -0.39 is 5.60 Å². The average Bonchev–Trinajstić information content (AvgIpc) is 3.07. The molecule has 170 valence electrons. The summed E-state index contributed by atoms with van der Waals surface area (Å²) in [5.41, 5.74) is -0.380. The fourth-order valence-corrected chi connectivity index (χ4v) is 4.47. The Balaban J connectivity index is 1.52. The van der Waals surface area contributed by atoms with Crippen molar-refractivity contribution in [3.05, 3.63) is 46.7 Å². The number of hydrogen-bond acceptors (Lipinski definition) is 7. The molecule has 0 radical (unpaired) electrons. The van der Waals surface area contributed by atoms with Gasteiger partial charge in [0.15, 0.2) is 5.60 Å². The Bertz CT molecular complexity index is 1020. The van der Waals surface area contributed by atoms with E-state index in [1.54, 1.807) is 34.1 Å². The van der Waals surface area contributed by atoms with Crippen LogP contribution in [0.5, 0.6) is 0 Å². The number of fused-ring (bicyclic) bond motifs is 1. The van der Waals surface area contributed by atoms with Gasteiger partial charge < -0.3 is 25.1 Å². The van der Waals surface area contributed by atoms with Gasteiger partial charge in [0.1, 0.15) is 18.0 Å². The summed E-state index contributed by atoms with van der Waals surface area (Å²) in [7, 11) is 3.64. The van der Waals surface area contributed by atoms with Gasteiger partial charge in [0.2, 0.25) is 5.91 Å². The second-order valence-corrected chi connectivity index (χ2v) is 8.99. The van der Waals surface area contributed by atoms with Crippen molar-refractivity contribution in [3.63, 3.8) is 0 Å². The number of carbonyl (C=O) groups is 2. The number of halogens is 1. The second-order valence-electron chi connectivity index (χ2n) is 8.55. The number of benzene rings is 1. The van der Waals surface area contributed by atoms with Crippen molar-refractivity contribution in [1.82, 2.24) is 19.8 Å². The smallest absolute Gasteiger partial charge is 0.260 e. The van der Waals surface area contributed by atoms with Gasteiger partial charge in [0, 0.05) is 43.3 Å². The molecule has 4 rings (SSSR count). The Labute approximate surface area is 192 Å². The van der Waals surface area contributed by atoms with Gasteiger partial charge in [-0.25, -0.2) is 9.97 Å². The van der Waals surface area contributed by atoms with Crippen molar-refractivity contribution >= 4 is 35.1 Å². The molecule has 3 heterocycles. The van der Waals surface area contributed by atoms with Gasteiger partial charge in [0.25, 0.3) is 5.91 Å². The number of amides is 2. The molecule has 9 nitrogen and oxygen atoms in total. The fourth-order valence-electron chi connectivity index (χ4n) is 4.34. The lowest BCUT2D eigenvalue weighted by Crippen LogP contribution is -2.57. The number of rotatable bonds is 5. The third kappa shape index (κ3) is 4.03. The van der Waals surface area contributed by atoms with Crippen LogP contribution in [0.4, 0.5) is 11.6 Å². The average molecular weight is 459 g/mol. The summed E-state index contributed by atoms with van der Waals surface area (Å²) in [5, 5.41) is 14.8. The summed E-state index contributed by atoms with van der Waals surface area (Å²) in [5.74, 6) is 0.512. The first-order valence-electron chi connectivity index (χ1n) is 10.5. The summed E-state index contributed by atoms with van der Waals surface area (Å²) in [6.07, 6.45) is 1.44. The van der Waals surface area contributed by atoms with Gasteiger partial charge in [-0.15, -0.1) is 0 Å². The predicted octanol–water partition coefficient (Wildman–Crippen LogP) is 1.28. The number of hydrogen-bond donors (Lipinski definition) is 2. The normalized spacial score (nSPS) is 20.2. The summed E-state index contributed by atoms with van der Waals surface area (Å²) < 4.78 is 0. The molecule has 0 bridgehead atoms. The van der Waals surface area contributed by atoms with Crippen LogP contribution in [0.25, 0.3) is 0 Å². The van der Waals surface area contributed by atoms with Gasteiger partial charge in [-0.1, -0.05) is 23.7 Å². The molecule has 1 saturated heterocycles. The lowest BCUT2D eigenvalue weighted by molar-refractivity contribution is -0.154. The maximum atomic E-state index is 13.5. The number of nitrogens with one attached hydrogen (secondary N) is 1. The van der Waals surface area contributed by atoms with Crippen LogP contribution in [0.15, 0.2) is 30.6 Å². The molecule has 1 fully saturated rings. The molecule has 32 heavy (non-hydrogen) atoms. The van der Waals surface area contributed by atoms with Crippen LogP contribution >= 0.6 is 11.6 Å². The Kier molecular flexibility index (Phi) is 6.07. The van der Waals surface area contributed by atoms with E-state index in [0.29, 0.717) is 48.4 Å². The molecule has 2 aliphatic heterocycles. The quantitative estimate of drug-likeness (QED) is 0.695. The van der Waals surface area contributed by atoms with Crippen molar-refractivity contribution in [2.45, 2.75) is 18.4 Å². The maximum Gasteiger partial charge on any atom is 0.260 e. The standard InChI is InChI=1S/C22H27ClN6O3/c1-14-17-18(26-20(14)30)24-13-25-19(17)28-8-10-29(11-9-28)21(31)22(32,12-27(2)3)15-4-6-16(23)7-5-15/h4-7,13-14,32H,8-12H2,1-3H3,(H,24,25,26,30)/t14?,22-/m0/s1. The number of anilines is 2. The SMILES string of the molecule is CC1C(=O)Nc2ncnc(N3CCN(C(=O)[C@](O)(CN(C)C)c4ccc(Cl)cc4)CC3)c21. The van der Waals surface area contributed by atoms with Crippen LogP contribution in [0.1, 0.15) is 24.0 Å². The summed E-state index contributed by atoms with van der Waals surface area (Å²) in [6, 6.07) is 6.73. The van der Waals surface area contributed by atoms with Crippen molar-refractivity contribution < 1.29 is 14.7 Å². The highest BCUT2D eigenvalue weighted by Gasteiger charge is 2.43. The Hall–Kier alpha value is -2.75. The number of nitrogens with zero attached hydrogens (tertiary/aromatic N) is 5. The molecule has 1 aromatic carbocycles. The van der Waals surface area contributed by atoms with Crippen molar-refractivity contribution in [2.24, 2.45) is 0 Å². The number of piperazine rings is 1. The summed E-state index contributed by atoms with van der Waals surface area (Å²) in [6.45, 7) is 3.91. The molecular formula is C22H27ClN6O3. The molecule has 2 atom stereocenters. The molecule has 1 unspecified atom stereocenters. The fraction of sp³-hybridized carbons (Fsp3) is 0.455. The summed E-state index contributed by atoms with van der Waals surface area (Å²) in [4.78, 5) is 39.7. The molecule has 0 spiro atoms. The van der Waals surface area contributed by atoms with E-state index in [9.17, 15) is 14.7 Å². The van der Waals surface area contributed by atoms with Crippen LogP contribution in [0.2, 0.25) is 5.02 Å². The molecule has 2 aliphatic rings. The molecular weight excluding hydrogens is 432 g/mol. The van der Waals surface area contributed by atoms with Crippen LogP contribution in [0.3, 0.4) is 0 Å². The van der Waals surface area contributed by atoms with Crippen LogP contribution in [0, 0.1) is 0 Å². The van der Waals surface area contributed by atoms with Gasteiger partial charge in [0.05, 0.1) is 5.92 Å². The minimum absolute atomic E-state index is 0.0905. The molecule has 0 aliphatic carbocycles. The topological polar surface area (TPSA) is 102 Å². The van der Waals surface area contributed by atoms with Crippen LogP contribution in [-0.2, 0) is 15.2 Å². The molecule has 2 N–H and O–H groups in total. The van der Waals surface area contributed by atoms with E-state index >= 15 is 0 Å². The molecule has 2 aromatic rings. The minimum atomic E-state index is -1.68. The first-order chi connectivity index (χ1) is 15.2. The highest BCUT2D eigenvalue weighted by molar-refractivity contribution is 6.30.